The van der Waals surface area contributed by atoms with Crippen LogP contribution in [0.3, 0.4) is 0 Å². The fourth-order valence-electron chi connectivity index (χ4n) is 8.12. The number of methoxy groups -OCH3 is 1. The third-order valence-corrected chi connectivity index (χ3v) is 10.2. The van der Waals surface area contributed by atoms with Crippen molar-refractivity contribution in [3.05, 3.63) is 24.3 Å². The van der Waals surface area contributed by atoms with Gasteiger partial charge < -0.3 is 33.9 Å². The second-order valence-corrected chi connectivity index (χ2v) is 15.5. The van der Waals surface area contributed by atoms with Gasteiger partial charge in [-0.3, -0.25) is 14.9 Å². The lowest BCUT2D eigenvalue weighted by molar-refractivity contribution is -0.298. The summed E-state index contributed by atoms with van der Waals surface area (Å²) in [5.74, 6) is 1.03. The van der Waals surface area contributed by atoms with Gasteiger partial charge >= 0.3 is 0 Å². The number of nitrogens with zero attached hydrogens (tertiary/aromatic N) is 5. The van der Waals surface area contributed by atoms with Gasteiger partial charge in [-0.15, -0.1) is 0 Å². The fourth-order valence-corrected chi connectivity index (χ4v) is 8.12. The second-order valence-electron chi connectivity index (χ2n) is 15.5. The van der Waals surface area contributed by atoms with Crippen molar-refractivity contribution < 1.29 is 24.1 Å². The number of hydrogen-bond acceptors (Lipinski definition) is 10. The molecule has 4 rings (SSSR count). The summed E-state index contributed by atoms with van der Waals surface area (Å²) in [6.07, 6.45) is 6.11. The molecule has 0 spiro atoms. The molecule has 0 amide bonds. The van der Waals surface area contributed by atoms with Crippen molar-refractivity contribution in [2.45, 2.75) is 110 Å². The number of aliphatic hydroxyl groups is 1. The molecular formula is C34H61N5O5. The number of hydrogen-bond donors (Lipinski definition) is 1. The molecule has 0 aromatic carbocycles. The molecule has 0 saturated carbocycles. The number of aliphatic hydroxyl groups excluding tert-OH is 1. The highest BCUT2D eigenvalue weighted by atomic mass is 16.7. The zero-order valence-corrected chi connectivity index (χ0v) is 29.1. The minimum atomic E-state index is -0.740. The average Bonchev–Trinajstić information content (AvgIpc) is 2.93. The van der Waals surface area contributed by atoms with Gasteiger partial charge in [-0.25, -0.2) is 0 Å². The van der Waals surface area contributed by atoms with Gasteiger partial charge in [0.05, 0.1) is 36.7 Å². The van der Waals surface area contributed by atoms with Crippen LogP contribution in [0, 0.1) is 23.2 Å². The van der Waals surface area contributed by atoms with Crippen LogP contribution in [0.4, 0.5) is 0 Å². The van der Waals surface area contributed by atoms with Gasteiger partial charge in [-0.2, -0.15) is 0 Å². The van der Waals surface area contributed by atoms with Crippen LogP contribution in [0.2, 0.25) is 0 Å². The lowest BCUT2D eigenvalue weighted by atomic mass is 9.75. The van der Waals surface area contributed by atoms with E-state index in [2.05, 4.69) is 73.3 Å². The van der Waals surface area contributed by atoms with Crippen molar-refractivity contribution in [1.82, 2.24) is 24.7 Å². The van der Waals surface area contributed by atoms with Crippen molar-refractivity contribution in [2.24, 2.45) is 23.2 Å². The van der Waals surface area contributed by atoms with Gasteiger partial charge in [0.25, 0.3) is 0 Å². The zero-order valence-electron chi connectivity index (χ0n) is 29.1. The molecule has 4 heterocycles. The smallest absolute Gasteiger partial charge is 0.185 e. The van der Waals surface area contributed by atoms with Crippen molar-refractivity contribution >= 4 is 0 Å². The summed E-state index contributed by atoms with van der Waals surface area (Å²) < 4.78 is 26.1. The van der Waals surface area contributed by atoms with E-state index in [9.17, 15) is 5.11 Å². The molecule has 0 radical (unpaired) electrons. The van der Waals surface area contributed by atoms with Gasteiger partial charge in [-0.1, -0.05) is 27.7 Å². The predicted molar refractivity (Wildman–Crippen MR) is 172 cm³/mol. The summed E-state index contributed by atoms with van der Waals surface area (Å²) in [4.78, 5) is 15.7. The Hall–Kier alpha value is -1.24. The van der Waals surface area contributed by atoms with E-state index in [-0.39, 0.29) is 29.6 Å². The molecular weight excluding hydrogens is 558 g/mol. The van der Waals surface area contributed by atoms with Crippen molar-refractivity contribution in [1.29, 1.82) is 0 Å². The van der Waals surface area contributed by atoms with Gasteiger partial charge in [0.15, 0.2) is 6.29 Å². The molecule has 1 aromatic rings. The molecule has 1 N–H and O–H groups in total. The molecule has 44 heavy (non-hydrogen) atoms. The van der Waals surface area contributed by atoms with Crippen molar-refractivity contribution in [3.8, 4) is 0 Å². The molecule has 3 saturated heterocycles. The SMILES string of the molecule is CO[C@]1(C)C[C@@H](C)CN(C)[C@H](C2CN(Cc3cnccn3)C2)COCC(C)(C)C[C@@H](C)[C@H]1O[C@@H]1O[C@H](C)C[C@H](N(C)C)[C@H]1O. The van der Waals surface area contributed by atoms with Crippen LogP contribution in [0.5, 0.6) is 0 Å². The van der Waals surface area contributed by atoms with Gasteiger partial charge in [-0.05, 0) is 71.5 Å². The van der Waals surface area contributed by atoms with Crippen molar-refractivity contribution in [3.63, 3.8) is 0 Å². The number of likely N-dealkylation sites (tertiary alicyclic amines) is 1. The van der Waals surface area contributed by atoms with E-state index in [1.807, 2.05) is 20.3 Å². The largest absolute Gasteiger partial charge is 0.386 e. The summed E-state index contributed by atoms with van der Waals surface area (Å²) in [6, 6.07) is 0.306. The third-order valence-electron chi connectivity index (χ3n) is 10.2. The molecule has 0 bridgehead atoms. The topological polar surface area (TPSA) is 92.7 Å². The Labute approximate surface area is 266 Å². The second kappa shape index (κ2) is 15.1. The molecule has 0 unspecified atom stereocenters. The lowest BCUT2D eigenvalue weighted by Crippen LogP contribution is -2.58. The molecule has 3 aliphatic rings. The molecule has 3 aliphatic heterocycles. The van der Waals surface area contributed by atoms with Crippen LogP contribution in [0.1, 0.15) is 66.5 Å². The Morgan fingerprint density at radius 1 is 1.09 bits per heavy atom. The summed E-state index contributed by atoms with van der Waals surface area (Å²) in [5.41, 5.74) is 0.381. The summed E-state index contributed by atoms with van der Waals surface area (Å²) in [6.45, 7) is 18.6. The first kappa shape index (κ1) is 35.6. The zero-order chi connectivity index (χ0) is 32.2. The lowest BCUT2D eigenvalue weighted by Gasteiger charge is -2.48. The van der Waals surface area contributed by atoms with E-state index in [1.165, 1.54) is 0 Å². The van der Waals surface area contributed by atoms with Crippen LogP contribution < -0.4 is 0 Å². The Kier molecular flexibility index (Phi) is 12.2. The first-order valence-electron chi connectivity index (χ1n) is 16.7. The van der Waals surface area contributed by atoms with E-state index in [0.29, 0.717) is 24.5 Å². The first-order chi connectivity index (χ1) is 20.7. The van der Waals surface area contributed by atoms with E-state index >= 15 is 0 Å². The Balaban J connectivity index is 1.51. The number of ether oxygens (including phenoxy) is 4. The van der Waals surface area contributed by atoms with Crippen LogP contribution in [0.15, 0.2) is 18.6 Å². The van der Waals surface area contributed by atoms with Gasteiger partial charge in [0, 0.05) is 69.9 Å². The summed E-state index contributed by atoms with van der Waals surface area (Å²) in [7, 11) is 8.07. The van der Waals surface area contributed by atoms with E-state index in [4.69, 9.17) is 18.9 Å². The molecule has 0 aliphatic carbocycles. The average molecular weight is 620 g/mol. The van der Waals surface area contributed by atoms with Gasteiger partial charge in [0.2, 0.25) is 0 Å². The number of rotatable bonds is 7. The minimum absolute atomic E-state index is 0.00735. The van der Waals surface area contributed by atoms with Crippen LogP contribution in [-0.2, 0) is 25.5 Å². The van der Waals surface area contributed by atoms with Crippen LogP contribution >= 0.6 is 0 Å². The Bertz CT molecular complexity index is 1010. The van der Waals surface area contributed by atoms with E-state index < -0.39 is 18.0 Å². The molecule has 3 fully saturated rings. The summed E-state index contributed by atoms with van der Waals surface area (Å²) >= 11 is 0. The quantitative estimate of drug-likeness (QED) is 0.489. The highest BCUT2D eigenvalue weighted by molar-refractivity contribution is 4.99. The maximum absolute atomic E-state index is 11.4. The monoisotopic (exact) mass is 619 g/mol. The Morgan fingerprint density at radius 2 is 1.82 bits per heavy atom. The normalized spacial score (nSPS) is 38.8. The van der Waals surface area contributed by atoms with Crippen molar-refractivity contribution in [2.75, 3.05) is 61.1 Å². The standard InChI is InChI=1S/C34H61N5O5/c1-23-14-34(6,41-10)31(44-32-30(40)28(37(7)8)13-25(3)43-32)24(2)15-33(4,5)22-42-21-29(38(9)17-23)26-18-39(19-26)20-27-16-35-11-12-36-27/h11-12,16,23-26,28-32,40H,13-15,17-22H2,1-10H3/t23-,24-,25-,28+,29+,30-,31-,32+,34-/m1/s1. The fraction of sp³-hybridized carbons (Fsp3) is 0.882. The Morgan fingerprint density at radius 3 is 2.45 bits per heavy atom. The highest BCUT2D eigenvalue weighted by Crippen LogP contribution is 2.39. The van der Waals surface area contributed by atoms with E-state index in [0.717, 1.165) is 57.7 Å². The van der Waals surface area contributed by atoms with E-state index in [1.54, 1.807) is 19.5 Å². The molecule has 10 nitrogen and oxygen atoms in total. The third kappa shape index (κ3) is 8.97. The number of likely N-dealkylation sites (N-methyl/N-ethyl adjacent to an activating group) is 2. The van der Waals surface area contributed by atoms with Crippen LogP contribution in [-0.4, -0.2) is 133 Å². The summed E-state index contributed by atoms with van der Waals surface area (Å²) in [5, 5.41) is 11.4. The molecule has 9 atom stereocenters. The first-order valence-corrected chi connectivity index (χ1v) is 16.7. The molecule has 1 aromatic heterocycles. The minimum Gasteiger partial charge on any atom is -0.386 e. The highest BCUT2D eigenvalue weighted by Gasteiger charge is 2.47. The maximum Gasteiger partial charge on any atom is 0.185 e. The molecule has 252 valence electrons. The van der Waals surface area contributed by atoms with Crippen LogP contribution in [0.25, 0.3) is 0 Å². The van der Waals surface area contributed by atoms with Gasteiger partial charge in [0.1, 0.15) is 6.10 Å². The maximum atomic E-state index is 11.4. The predicted octanol–water partition coefficient (Wildman–Crippen LogP) is 3.53. The number of aromatic nitrogens is 2. The molecule has 10 heteroatoms.